The van der Waals surface area contributed by atoms with E-state index in [4.69, 9.17) is 14.6 Å². The molecule has 0 spiro atoms. The maximum absolute atomic E-state index is 9.87. The number of hydrogen-bond acceptors (Lipinski definition) is 4. The molecule has 2 rings (SSSR count). The van der Waals surface area contributed by atoms with Crippen molar-refractivity contribution in [3.8, 4) is 0 Å². The Hall–Kier alpha value is -0.460. The van der Waals surface area contributed by atoms with Gasteiger partial charge in [-0.25, -0.2) is 0 Å². The SMILES string of the molecule is OC[C@H]1C[C@H](O)[C@@H](Br)[C@@H](COCc2ccccc2)O1. The maximum Gasteiger partial charge on any atom is 0.0963 e. The van der Waals surface area contributed by atoms with Gasteiger partial charge >= 0.3 is 0 Å². The van der Waals surface area contributed by atoms with Crippen LogP contribution in [0, 0.1) is 0 Å². The molecule has 0 aromatic heterocycles. The van der Waals surface area contributed by atoms with Gasteiger partial charge in [0.25, 0.3) is 0 Å². The molecular weight excluding hydrogens is 312 g/mol. The summed E-state index contributed by atoms with van der Waals surface area (Å²) >= 11 is 3.43. The van der Waals surface area contributed by atoms with Crippen LogP contribution in [0.5, 0.6) is 0 Å². The van der Waals surface area contributed by atoms with E-state index in [-0.39, 0.29) is 23.6 Å². The molecule has 2 N–H and O–H groups in total. The van der Waals surface area contributed by atoms with Crippen LogP contribution in [0.15, 0.2) is 30.3 Å². The van der Waals surface area contributed by atoms with E-state index in [0.717, 1.165) is 5.56 Å². The van der Waals surface area contributed by atoms with Gasteiger partial charge in [0, 0.05) is 6.42 Å². The summed E-state index contributed by atoms with van der Waals surface area (Å²) in [4.78, 5) is -0.161. The Bertz CT molecular complexity index is 373. The first-order valence-electron chi connectivity index (χ1n) is 6.41. The summed E-state index contributed by atoms with van der Waals surface area (Å²) in [5.74, 6) is 0. The van der Waals surface area contributed by atoms with E-state index in [1.54, 1.807) is 0 Å². The molecule has 1 fully saturated rings. The molecule has 0 radical (unpaired) electrons. The molecule has 0 aliphatic carbocycles. The van der Waals surface area contributed by atoms with Crippen molar-refractivity contribution in [1.29, 1.82) is 0 Å². The van der Waals surface area contributed by atoms with Crippen molar-refractivity contribution >= 4 is 15.9 Å². The van der Waals surface area contributed by atoms with Crippen LogP contribution >= 0.6 is 15.9 Å². The van der Waals surface area contributed by atoms with Crippen LogP contribution in [0.1, 0.15) is 12.0 Å². The number of benzene rings is 1. The molecule has 4 atom stereocenters. The van der Waals surface area contributed by atoms with Crippen LogP contribution in [0.25, 0.3) is 0 Å². The van der Waals surface area contributed by atoms with E-state index in [1.165, 1.54) is 0 Å². The summed E-state index contributed by atoms with van der Waals surface area (Å²) in [5.41, 5.74) is 1.10. The largest absolute Gasteiger partial charge is 0.394 e. The van der Waals surface area contributed by atoms with Gasteiger partial charge in [0.15, 0.2) is 0 Å². The van der Waals surface area contributed by atoms with Gasteiger partial charge in [-0.2, -0.15) is 0 Å². The zero-order valence-electron chi connectivity index (χ0n) is 10.6. The number of halogens is 1. The summed E-state index contributed by atoms with van der Waals surface area (Å²) in [6.07, 6.45) is -0.628. The number of rotatable bonds is 5. The summed E-state index contributed by atoms with van der Waals surface area (Å²) < 4.78 is 11.3. The maximum atomic E-state index is 9.87. The Balaban J connectivity index is 1.80. The molecule has 0 bridgehead atoms. The van der Waals surface area contributed by atoms with Gasteiger partial charge < -0.3 is 19.7 Å². The molecule has 1 aromatic rings. The second-order valence-corrected chi connectivity index (χ2v) is 5.78. The lowest BCUT2D eigenvalue weighted by atomic mass is 10.0. The van der Waals surface area contributed by atoms with Crippen LogP contribution in [0.2, 0.25) is 0 Å². The summed E-state index contributed by atoms with van der Waals surface area (Å²) in [6.45, 7) is 0.824. The third kappa shape index (κ3) is 4.26. The molecule has 106 valence electrons. The minimum Gasteiger partial charge on any atom is -0.394 e. The normalized spacial score (nSPS) is 31.3. The Kier molecular flexibility index (Phi) is 5.78. The Morgan fingerprint density at radius 1 is 1.32 bits per heavy atom. The Morgan fingerprint density at radius 2 is 2.05 bits per heavy atom. The van der Waals surface area contributed by atoms with E-state index in [1.807, 2.05) is 30.3 Å². The second-order valence-electron chi connectivity index (χ2n) is 4.73. The molecule has 1 aliphatic heterocycles. The molecule has 1 aromatic carbocycles. The topological polar surface area (TPSA) is 58.9 Å². The zero-order chi connectivity index (χ0) is 13.7. The van der Waals surface area contributed by atoms with Gasteiger partial charge in [-0.15, -0.1) is 0 Å². The van der Waals surface area contributed by atoms with E-state index in [2.05, 4.69) is 15.9 Å². The zero-order valence-corrected chi connectivity index (χ0v) is 12.2. The van der Waals surface area contributed by atoms with Crippen molar-refractivity contribution in [2.75, 3.05) is 13.2 Å². The highest BCUT2D eigenvalue weighted by molar-refractivity contribution is 9.09. The third-order valence-corrected chi connectivity index (χ3v) is 4.39. The summed E-state index contributed by atoms with van der Waals surface area (Å²) in [7, 11) is 0. The van der Waals surface area contributed by atoms with Gasteiger partial charge in [-0.05, 0) is 5.56 Å². The summed E-state index contributed by atoms with van der Waals surface area (Å²) in [5, 5.41) is 19.0. The number of hydrogen-bond donors (Lipinski definition) is 2. The fraction of sp³-hybridized carbons (Fsp3) is 0.571. The quantitative estimate of drug-likeness (QED) is 0.803. The Morgan fingerprint density at radius 3 is 2.74 bits per heavy atom. The van der Waals surface area contributed by atoms with Gasteiger partial charge in [0.2, 0.25) is 0 Å². The van der Waals surface area contributed by atoms with Crippen molar-refractivity contribution in [3.63, 3.8) is 0 Å². The lowest BCUT2D eigenvalue weighted by molar-refractivity contribution is -0.129. The number of aliphatic hydroxyl groups is 2. The van der Waals surface area contributed by atoms with Crippen LogP contribution in [-0.2, 0) is 16.1 Å². The van der Waals surface area contributed by atoms with Crippen LogP contribution in [-0.4, -0.2) is 46.6 Å². The lowest BCUT2D eigenvalue weighted by Crippen LogP contribution is -2.48. The highest BCUT2D eigenvalue weighted by atomic mass is 79.9. The molecular formula is C14H19BrO4. The number of alkyl halides is 1. The molecule has 1 heterocycles. The van der Waals surface area contributed by atoms with Crippen LogP contribution in [0.4, 0.5) is 0 Å². The minimum absolute atomic E-state index is 0.0774. The van der Waals surface area contributed by atoms with E-state index in [0.29, 0.717) is 19.6 Å². The molecule has 0 saturated carbocycles. The van der Waals surface area contributed by atoms with Crippen molar-refractivity contribution in [3.05, 3.63) is 35.9 Å². The fourth-order valence-corrected chi connectivity index (χ4v) is 2.63. The van der Waals surface area contributed by atoms with Gasteiger partial charge in [0.1, 0.15) is 0 Å². The number of ether oxygens (including phenoxy) is 2. The summed E-state index contributed by atoms with van der Waals surface area (Å²) in [6, 6.07) is 9.89. The third-order valence-electron chi connectivity index (χ3n) is 3.19. The number of aliphatic hydroxyl groups excluding tert-OH is 2. The van der Waals surface area contributed by atoms with Crippen molar-refractivity contribution in [1.82, 2.24) is 0 Å². The first-order chi connectivity index (χ1) is 9.20. The van der Waals surface area contributed by atoms with Crippen LogP contribution < -0.4 is 0 Å². The van der Waals surface area contributed by atoms with Crippen molar-refractivity contribution < 1.29 is 19.7 Å². The van der Waals surface area contributed by atoms with Crippen molar-refractivity contribution in [2.45, 2.75) is 36.2 Å². The lowest BCUT2D eigenvalue weighted by Gasteiger charge is -2.36. The monoisotopic (exact) mass is 330 g/mol. The van der Waals surface area contributed by atoms with Crippen molar-refractivity contribution in [2.24, 2.45) is 0 Å². The second kappa shape index (κ2) is 7.36. The fourth-order valence-electron chi connectivity index (χ4n) is 2.14. The van der Waals surface area contributed by atoms with Gasteiger partial charge in [0.05, 0.1) is 43.0 Å². The predicted molar refractivity (Wildman–Crippen MR) is 75.2 cm³/mol. The van der Waals surface area contributed by atoms with Crippen LogP contribution in [0.3, 0.4) is 0 Å². The Labute approximate surface area is 121 Å². The molecule has 0 unspecified atom stereocenters. The molecule has 5 heteroatoms. The molecule has 19 heavy (non-hydrogen) atoms. The molecule has 1 saturated heterocycles. The molecule has 1 aliphatic rings. The standard InChI is InChI=1S/C14H19BrO4/c15-14-12(17)6-11(7-16)19-13(14)9-18-8-10-4-2-1-3-5-10/h1-5,11-14,16-17H,6-9H2/t11-,12+,13-,14-/m1/s1. The molecule has 4 nitrogen and oxygen atoms in total. The van der Waals surface area contributed by atoms with E-state index in [9.17, 15) is 5.11 Å². The minimum atomic E-state index is -0.517. The smallest absolute Gasteiger partial charge is 0.0963 e. The first-order valence-corrected chi connectivity index (χ1v) is 7.32. The average Bonchev–Trinajstić information content (AvgIpc) is 2.44. The highest BCUT2D eigenvalue weighted by Gasteiger charge is 2.36. The van der Waals surface area contributed by atoms with Gasteiger partial charge in [-0.1, -0.05) is 46.3 Å². The van der Waals surface area contributed by atoms with E-state index < -0.39 is 6.10 Å². The van der Waals surface area contributed by atoms with E-state index >= 15 is 0 Å². The van der Waals surface area contributed by atoms with Gasteiger partial charge in [-0.3, -0.25) is 0 Å². The molecule has 0 amide bonds. The first kappa shape index (κ1) is 14.9. The predicted octanol–water partition coefficient (Wildman–Crippen LogP) is 1.48. The average molecular weight is 331 g/mol. The highest BCUT2D eigenvalue weighted by Crippen LogP contribution is 2.26.